The molecule has 0 bridgehead atoms. The summed E-state index contributed by atoms with van der Waals surface area (Å²) < 4.78 is 13.4. The number of hydrogen-bond donors (Lipinski definition) is 1. The molecule has 2 aromatic heterocycles. The first-order valence-electron chi connectivity index (χ1n) is 13.1. The van der Waals surface area contributed by atoms with Crippen LogP contribution in [0.3, 0.4) is 0 Å². The Labute approximate surface area is 225 Å². The number of fused-ring (bicyclic) bond motifs is 1. The normalized spacial score (nSPS) is 14.1. The lowest BCUT2D eigenvalue weighted by Gasteiger charge is -2.22. The van der Waals surface area contributed by atoms with Crippen molar-refractivity contribution >= 4 is 29.1 Å². The SMILES string of the molecule is CCCn1c2c(c(=O)n(C3CC3)c1=O)CC(c1ccc(N(CCOC)C(=O)Nc3ccc(OC)cc3)nc1)=N2. The summed E-state index contributed by atoms with van der Waals surface area (Å²) in [4.78, 5) is 50.1. The van der Waals surface area contributed by atoms with Crippen LogP contribution in [-0.2, 0) is 17.7 Å². The number of urea groups is 1. The van der Waals surface area contributed by atoms with Gasteiger partial charge in [0.05, 0.1) is 31.5 Å². The van der Waals surface area contributed by atoms with Gasteiger partial charge in [0.1, 0.15) is 17.4 Å². The molecule has 11 heteroatoms. The van der Waals surface area contributed by atoms with Crippen molar-refractivity contribution in [1.82, 2.24) is 14.1 Å². The Morgan fingerprint density at radius 2 is 1.90 bits per heavy atom. The molecule has 2 amide bonds. The van der Waals surface area contributed by atoms with Crippen molar-refractivity contribution in [1.29, 1.82) is 0 Å². The first-order valence-corrected chi connectivity index (χ1v) is 13.1. The third kappa shape index (κ3) is 5.35. The van der Waals surface area contributed by atoms with Crippen LogP contribution < -0.4 is 26.2 Å². The molecule has 1 aliphatic carbocycles. The van der Waals surface area contributed by atoms with E-state index in [0.29, 0.717) is 60.5 Å². The largest absolute Gasteiger partial charge is 0.497 e. The number of rotatable bonds is 10. The standard InChI is InChI=1S/C28H32N6O5/c1-4-13-33-25-22(26(35)34(28(33)37)20-8-9-20)16-23(31-25)18-5-12-24(29-17-18)32(14-15-38-2)27(36)30-19-6-10-21(39-3)11-7-19/h5-7,10-12,17,20H,4,8-9,13-16H2,1-3H3,(H,30,36). The number of anilines is 2. The average Bonchev–Trinajstić information content (AvgIpc) is 3.68. The molecule has 3 aromatic rings. The van der Waals surface area contributed by atoms with E-state index in [2.05, 4.69) is 10.3 Å². The molecule has 1 N–H and O–H groups in total. The highest BCUT2D eigenvalue weighted by atomic mass is 16.5. The van der Waals surface area contributed by atoms with Crippen LogP contribution >= 0.6 is 0 Å². The third-order valence-electron chi connectivity index (χ3n) is 6.85. The summed E-state index contributed by atoms with van der Waals surface area (Å²) in [5, 5.41) is 2.87. The van der Waals surface area contributed by atoms with E-state index < -0.39 is 0 Å². The Hall–Kier alpha value is -4.25. The Kier molecular flexibility index (Phi) is 7.60. The van der Waals surface area contributed by atoms with Gasteiger partial charge in [0, 0.05) is 43.6 Å². The van der Waals surface area contributed by atoms with Crippen LogP contribution in [0.4, 0.5) is 22.1 Å². The molecule has 1 saturated carbocycles. The number of aliphatic imine (C=N–C) groups is 1. The number of nitrogens with one attached hydrogen (secondary N) is 1. The van der Waals surface area contributed by atoms with Crippen molar-refractivity contribution in [2.45, 2.75) is 45.2 Å². The van der Waals surface area contributed by atoms with Crippen LogP contribution in [0, 0.1) is 0 Å². The minimum atomic E-state index is -0.354. The third-order valence-corrected chi connectivity index (χ3v) is 6.85. The van der Waals surface area contributed by atoms with Gasteiger partial charge < -0.3 is 14.8 Å². The molecule has 1 aliphatic heterocycles. The smallest absolute Gasteiger partial charge is 0.332 e. The minimum absolute atomic E-state index is 0.00875. The highest BCUT2D eigenvalue weighted by molar-refractivity contribution is 6.06. The zero-order chi connectivity index (χ0) is 27.5. The van der Waals surface area contributed by atoms with Crippen molar-refractivity contribution < 1.29 is 14.3 Å². The van der Waals surface area contributed by atoms with E-state index in [4.69, 9.17) is 14.5 Å². The number of pyridine rings is 1. The topological polar surface area (TPSA) is 120 Å². The van der Waals surface area contributed by atoms with Gasteiger partial charge in [-0.1, -0.05) is 6.92 Å². The highest BCUT2D eigenvalue weighted by Crippen LogP contribution is 2.34. The number of hydrogen-bond acceptors (Lipinski definition) is 7. The van der Waals surface area contributed by atoms with Gasteiger partial charge in [-0.25, -0.2) is 19.6 Å². The summed E-state index contributed by atoms with van der Waals surface area (Å²) >= 11 is 0. The lowest BCUT2D eigenvalue weighted by molar-refractivity contribution is 0.204. The molecular formula is C28H32N6O5. The molecular weight excluding hydrogens is 500 g/mol. The van der Waals surface area contributed by atoms with Crippen molar-refractivity contribution in [3.8, 4) is 5.75 Å². The minimum Gasteiger partial charge on any atom is -0.497 e. The maximum atomic E-state index is 13.2. The van der Waals surface area contributed by atoms with Gasteiger partial charge >= 0.3 is 11.7 Å². The maximum Gasteiger partial charge on any atom is 0.332 e. The van der Waals surface area contributed by atoms with E-state index in [-0.39, 0.29) is 23.3 Å². The lowest BCUT2D eigenvalue weighted by Crippen LogP contribution is -2.40. The van der Waals surface area contributed by atoms with Crippen LogP contribution in [0.15, 0.2) is 57.2 Å². The summed E-state index contributed by atoms with van der Waals surface area (Å²) in [7, 11) is 3.15. The fourth-order valence-corrected chi connectivity index (χ4v) is 4.66. The molecule has 204 valence electrons. The first-order chi connectivity index (χ1) is 18.9. The molecule has 0 saturated heterocycles. The van der Waals surface area contributed by atoms with Gasteiger partial charge in [-0.15, -0.1) is 0 Å². The van der Waals surface area contributed by atoms with Gasteiger partial charge in [0.25, 0.3) is 5.56 Å². The number of carbonyl (C=O) groups is 1. The second kappa shape index (κ2) is 11.2. The Balaban J connectivity index is 1.39. The van der Waals surface area contributed by atoms with Crippen molar-refractivity contribution in [3.63, 3.8) is 0 Å². The van der Waals surface area contributed by atoms with Crippen molar-refractivity contribution in [3.05, 3.63) is 74.6 Å². The molecule has 0 radical (unpaired) electrons. The molecule has 5 rings (SSSR count). The monoisotopic (exact) mass is 532 g/mol. The number of benzene rings is 1. The van der Waals surface area contributed by atoms with Gasteiger partial charge in [-0.05, 0) is 55.7 Å². The molecule has 39 heavy (non-hydrogen) atoms. The maximum absolute atomic E-state index is 13.2. The molecule has 1 fully saturated rings. The van der Waals surface area contributed by atoms with Gasteiger partial charge in [0.2, 0.25) is 0 Å². The lowest BCUT2D eigenvalue weighted by atomic mass is 10.1. The number of nitrogens with zero attached hydrogens (tertiary/aromatic N) is 5. The van der Waals surface area contributed by atoms with Gasteiger partial charge in [-0.3, -0.25) is 18.8 Å². The Morgan fingerprint density at radius 3 is 2.51 bits per heavy atom. The van der Waals surface area contributed by atoms with E-state index >= 15 is 0 Å². The number of carbonyl (C=O) groups excluding carboxylic acids is 1. The summed E-state index contributed by atoms with van der Waals surface area (Å²) in [6.45, 7) is 3.11. The van der Waals surface area contributed by atoms with Crippen molar-refractivity contribution in [2.24, 2.45) is 4.99 Å². The summed E-state index contributed by atoms with van der Waals surface area (Å²) in [6, 6.07) is 10.3. The molecule has 3 heterocycles. The fourth-order valence-electron chi connectivity index (χ4n) is 4.66. The quantitative estimate of drug-likeness (QED) is 0.427. The highest BCUT2D eigenvalue weighted by Gasteiger charge is 2.32. The van der Waals surface area contributed by atoms with Crippen LogP contribution in [0.1, 0.15) is 43.4 Å². The summed E-state index contributed by atoms with van der Waals surface area (Å²) in [5.41, 5.74) is 2.05. The number of aromatic nitrogens is 3. The van der Waals surface area contributed by atoms with E-state index in [9.17, 15) is 14.4 Å². The molecule has 0 atom stereocenters. The van der Waals surface area contributed by atoms with Gasteiger partial charge in [0.15, 0.2) is 0 Å². The fraction of sp³-hybridized carbons (Fsp3) is 0.393. The van der Waals surface area contributed by atoms with E-state index in [1.807, 2.05) is 13.0 Å². The summed E-state index contributed by atoms with van der Waals surface area (Å²) in [6.07, 6.45) is 4.43. The van der Waals surface area contributed by atoms with E-state index in [0.717, 1.165) is 24.8 Å². The zero-order valence-corrected chi connectivity index (χ0v) is 22.3. The molecule has 1 aromatic carbocycles. The van der Waals surface area contributed by atoms with Crippen molar-refractivity contribution in [2.75, 3.05) is 37.6 Å². The zero-order valence-electron chi connectivity index (χ0n) is 22.3. The second-order valence-electron chi connectivity index (χ2n) is 9.59. The first kappa shape index (κ1) is 26.4. The van der Waals surface area contributed by atoms with Gasteiger partial charge in [-0.2, -0.15) is 0 Å². The molecule has 2 aliphatic rings. The Morgan fingerprint density at radius 1 is 1.13 bits per heavy atom. The van der Waals surface area contributed by atoms with Crippen LogP contribution in [0.25, 0.3) is 0 Å². The van der Waals surface area contributed by atoms with E-state index in [1.165, 1.54) is 9.47 Å². The van der Waals surface area contributed by atoms with Crippen LogP contribution in [0.2, 0.25) is 0 Å². The van der Waals surface area contributed by atoms with Crippen LogP contribution in [-0.4, -0.2) is 53.2 Å². The number of amides is 2. The predicted molar refractivity (Wildman–Crippen MR) is 149 cm³/mol. The number of methoxy groups -OCH3 is 2. The molecule has 11 nitrogen and oxygen atoms in total. The summed E-state index contributed by atoms with van der Waals surface area (Å²) in [5.74, 6) is 1.58. The Bertz CT molecular complexity index is 1500. The predicted octanol–water partition coefficient (Wildman–Crippen LogP) is 3.52. The second-order valence-corrected chi connectivity index (χ2v) is 9.59. The molecule has 0 spiro atoms. The molecule has 0 unspecified atom stereocenters. The average molecular weight is 533 g/mol. The van der Waals surface area contributed by atoms with E-state index in [1.54, 1.807) is 55.3 Å². The number of ether oxygens (including phenoxy) is 2. The van der Waals surface area contributed by atoms with Crippen LogP contribution in [0.5, 0.6) is 5.75 Å².